The van der Waals surface area contributed by atoms with Crippen molar-refractivity contribution >= 4 is 0 Å². The molecule has 4 nitrogen and oxygen atoms in total. The van der Waals surface area contributed by atoms with Crippen LogP contribution in [0, 0.1) is 23.0 Å². The summed E-state index contributed by atoms with van der Waals surface area (Å²) in [5.41, 5.74) is 1.26. The third-order valence-electron chi connectivity index (χ3n) is 5.27. The molecule has 0 bridgehead atoms. The lowest BCUT2D eigenvalue weighted by atomic mass is 10.1. The fourth-order valence-electron chi connectivity index (χ4n) is 3.43. The topological polar surface area (TPSA) is 58.8 Å². The Morgan fingerprint density at radius 2 is 1.41 bits per heavy atom. The average Bonchev–Trinajstić information content (AvgIpc) is 2.81. The SMILES string of the molecule is CCCCCCCCCOc1ccc(-c2cnc(-c3cc(F)c(C#N)c(F)c3)nc2)cc1. The molecule has 32 heavy (non-hydrogen) atoms. The van der Waals surface area contributed by atoms with Crippen molar-refractivity contribution in [2.45, 2.75) is 51.9 Å². The summed E-state index contributed by atoms with van der Waals surface area (Å²) in [4.78, 5) is 8.45. The van der Waals surface area contributed by atoms with Crippen LogP contribution in [0.15, 0.2) is 48.8 Å². The second-order valence-corrected chi connectivity index (χ2v) is 7.72. The number of ether oxygens (including phenoxy) is 1. The number of unbranched alkanes of at least 4 members (excludes halogenated alkanes) is 6. The molecule has 3 aromatic rings. The summed E-state index contributed by atoms with van der Waals surface area (Å²) in [5.74, 6) is -0.851. The number of aromatic nitrogens is 2. The van der Waals surface area contributed by atoms with Gasteiger partial charge in [-0.1, -0.05) is 57.6 Å². The highest BCUT2D eigenvalue weighted by Gasteiger charge is 2.13. The van der Waals surface area contributed by atoms with E-state index >= 15 is 0 Å². The summed E-state index contributed by atoms with van der Waals surface area (Å²) >= 11 is 0. The van der Waals surface area contributed by atoms with Gasteiger partial charge in [0.05, 0.1) is 6.61 Å². The Hall–Kier alpha value is -3.33. The number of nitrogens with zero attached hydrogens (tertiary/aromatic N) is 3. The zero-order chi connectivity index (χ0) is 22.8. The number of hydrogen-bond acceptors (Lipinski definition) is 4. The first-order valence-corrected chi connectivity index (χ1v) is 11.1. The predicted molar refractivity (Wildman–Crippen MR) is 121 cm³/mol. The minimum absolute atomic E-state index is 0.180. The summed E-state index contributed by atoms with van der Waals surface area (Å²) in [5, 5.41) is 8.78. The van der Waals surface area contributed by atoms with Crippen molar-refractivity contribution in [3.05, 3.63) is 66.0 Å². The quantitative estimate of drug-likeness (QED) is 0.302. The molecule has 2 aromatic carbocycles. The van der Waals surface area contributed by atoms with Gasteiger partial charge in [0, 0.05) is 23.5 Å². The van der Waals surface area contributed by atoms with E-state index in [1.54, 1.807) is 12.4 Å². The van der Waals surface area contributed by atoms with Crippen LogP contribution in [-0.2, 0) is 0 Å². The number of benzene rings is 2. The molecule has 0 fully saturated rings. The molecule has 1 aromatic heterocycles. The highest BCUT2D eigenvalue weighted by atomic mass is 19.1. The zero-order valence-electron chi connectivity index (χ0n) is 18.3. The first-order chi connectivity index (χ1) is 15.6. The normalized spacial score (nSPS) is 10.7. The maximum atomic E-state index is 13.8. The van der Waals surface area contributed by atoms with E-state index in [0.29, 0.717) is 6.61 Å². The second kappa shape index (κ2) is 11.9. The first kappa shape index (κ1) is 23.3. The van der Waals surface area contributed by atoms with Crippen molar-refractivity contribution in [2.24, 2.45) is 0 Å². The Morgan fingerprint density at radius 3 is 2.00 bits per heavy atom. The zero-order valence-corrected chi connectivity index (χ0v) is 18.3. The standard InChI is InChI=1S/C26H27F2N3O/c1-2-3-4-5-6-7-8-13-32-22-11-9-19(10-12-22)21-17-30-26(31-18-21)20-14-24(27)23(16-29)25(28)15-20/h9-12,14-15,17-18H,2-8,13H2,1H3. The lowest BCUT2D eigenvalue weighted by Crippen LogP contribution is -1.97. The van der Waals surface area contributed by atoms with Gasteiger partial charge in [-0.25, -0.2) is 18.7 Å². The third-order valence-corrected chi connectivity index (χ3v) is 5.27. The maximum absolute atomic E-state index is 13.8. The molecule has 3 rings (SSSR count). The van der Waals surface area contributed by atoms with Gasteiger partial charge in [-0.2, -0.15) is 5.26 Å². The van der Waals surface area contributed by atoms with Crippen LogP contribution in [0.4, 0.5) is 8.78 Å². The average molecular weight is 436 g/mol. The van der Waals surface area contributed by atoms with E-state index in [1.165, 1.54) is 44.6 Å². The maximum Gasteiger partial charge on any atom is 0.159 e. The van der Waals surface area contributed by atoms with Crippen molar-refractivity contribution in [3.8, 4) is 34.3 Å². The molecule has 0 aliphatic carbocycles. The Kier molecular flexibility index (Phi) is 8.68. The molecule has 0 saturated heterocycles. The van der Waals surface area contributed by atoms with E-state index in [1.807, 2.05) is 24.3 Å². The Balaban J connectivity index is 1.54. The molecular formula is C26H27F2N3O. The van der Waals surface area contributed by atoms with E-state index in [9.17, 15) is 8.78 Å². The summed E-state index contributed by atoms with van der Waals surface area (Å²) in [6, 6.07) is 11.3. The summed E-state index contributed by atoms with van der Waals surface area (Å²) in [6.45, 7) is 2.94. The first-order valence-electron chi connectivity index (χ1n) is 11.1. The largest absolute Gasteiger partial charge is 0.494 e. The van der Waals surface area contributed by atoms with Gasteiger partial charge >= 0.3 is 0 Å². The van der Waals surface area contributed by atoms with Crippen molar-refractivity contribution < 1.29 is 13.5 Å². The minimum atomic E-state index is -0.928. The summed E-state index contributed by atoms with van der Waals surface area (Å²) in [7, 11) is 0. The van der Waals surface area contributed by atoms with Crippen molar-refractivity contribution in [3.63, 3.8) is 0 Å². The fourth-order valence-corrected chi connectivity index (χ4v) is 3.43. The van der Waals surface area contributed by atoms with Gasteiger partial charge in [-0.05, 0) is 36.2 Å². The lowest BCUT2D eigenvalue weighted by molar-refractivity contribution is 0.304. The lowest BCUT2D eigenvalue weighted by Gasteiger charge is -2.08. The van der Waals surface area contributed by atoms with Crippen LogP contribution in [0.3, 0.4) is 0 Å². The number of rotatable bonds is 11. The van der Waals surface area contributed by atoms with Crippen LogP contribution < -0.4 is 4.74 Å². The highest BCUT2D eigenvalue weighted by Crippen LogP contribution is 2.25. The van der Waals surface area contributed by atoms with Gasteiger partial charge in [-0.3, -0.25) is 0 Å². The highest BCUT2D eigenvalue weighted by molar-refractivity contribution is 5.64. The Bertz CT molecular complexity index is 1020. The molecule has 0 N–H and O–H groups in total. The summed E-state index contributed by atoms with van der Waals surface area (Å²) < 4.78 is 33.5. The van der Waals surface area contributed by atoms with Crippen LogP contribution in [0.1, 0.15) is 57.4 Å². The number of hydrogen-bond donors (Lipinski definition) is 0. The molecule has 1 heterocycles. The van der Waals surface area contributed by atoms with Gasteiger partial charge in [0.15, 0.2) is 5.82 Å². The molecule has 0 atom stereocenters. The van der Waals surface area contributed by atoms with Gasteiger partial charge in [-0.15, -0.1) is 0 Å². The fraction of sp³-hybridized carbons (Fsp3) is 0.346. The molecule has 166 valence electrons. The van der Waals surface area contributed by atoms with Crippen LogP contribution >= 0.6 is 0 Å². The Morgan fingerprint density at radius 1 is 0.812 bits per heavy atom. The predicted octanol–water partition coefficient (Wildman–Crippen LogP) is 7.09. The molecular weight excluding hydrogens is 408 g/mol. The number of nitriles is 1. The van der Waals surface area contributed by atoms with E-state index in [2.05, 4.69) is 16.9 Å². The molecule has 0 aliphatic heterocycles. The molecule has 0 amide bonds. The van der Waals surface area contributed by atoms with Crippen molar-refractivity contribution in [1.29, 1.82) is 5.26 Å². The van der Waals surface area contributed by atoms with Crippen LogP contribution in [0.25, 0.3) is 22.5 Å². The number of halogens is 2. The van der Waals surface area contributed by atoms with Gasteiger partial charge < -0.3 is 4.74 Å². The van der Waals surface area contributed by atoms with Crippen molar-refractivity contribution in [2.75, 3.05) is 6.61 Å². The van der Waals surface area contributed by atoms with Gasteiger partial charge in [0.1, 0.15) is 29.0 Å². The molecule has 0 saturated carbocycles. The smallest absolute Gasteiger partial charge is 0.159 e. The van der Waals surface area contributed by atoms with E-state index in [0.717, 1.165) is 35.4 Å². The van der Waals surface area contributed by atoms with Crippen LogP contribution in [0.5, 0.6) is 5.75 Å². The minimum Gasteiger partial charge on any atom is -0.494 e. The van der Waals surface area contributed by atoms with E-state index in [-0.39, 0.29) is 11.4 Å². The third kappa shape index (κ3) is 6.34. The molecule has 0 radical (unpaired) electrons. The van der Waals surface area contributed by atoms with Crippen LogP contribution in [0.2, 0.25) is 0 Å². The van der Waals surface area contributed by atoms with Crippen molar-refractivity contribution in [1.82, 2.24) is 9.97 Å². The summed E-state index contributed by atoms with van der Waals surface area (Å²) in [6.07, 6.45) is 11.9. The monoisotopic (exact) mass is 435 g/mol. The Labute approximate surface area is 187 Å². The molecule has 0 spiro atoms. The van der Waals surface area contributed by atoms with Crippen LogP contribution in [-0.4, -0.2) is 16.6 Å². The van der Waals surface area contributed by atoms with E-state index < -0.39 is 17.2 Å². The second-order valence-electron chi connectivity index (χ2n) is 7.72. The van der Waals surface area contributed by atoms with E-state index in [4.69, 9.17) is 10.00 Å². The van der Waals surface area contributed by atoms with Gasteiger partial charge in [0.2, 0.25) is 0 Å². The molecule has 0 unspecified atom stereocenters. The van der Waals surface area contributed by atoms with Gasteiger partial charge in [0.25, 0.3) is 0 Å². The molecule has 0 aliphatic rings. The molecule has 6 heteroatoms.